The summed E-state index contributed by atoms with van der Waals surface area (Å²) in [7, 11) is 0. The molecule has 0 heterocycles. The minimum atomic E-state index is -4.53. The predicted octanol–water partition coefficient (Wildman–Crippen LogP) is 5.09. The standard InChI is InChI=1S/C10H6Br3F3N2/c11-6-1-7(12)9(8(13)2-6)18-4-5(3-17)10(14,15)16/h1-2,5,18H,4H2. The van der Waals surface area contributed by atoms with Crippen LogP contribution in [0.1, 0.15) is 0 Å². The summed E-state index contributed by atoms with van der Waals surface area (Å²) in [6.45, 7) is -0.501. The van der Waals surface area contributed by atoms with Gasteiger partial charge in [0.1, 0.15) is 0 Å². The number of halogens is 6. The van der Waals surface area contributed by atoms with E-state index in [1.54, 1.807) is 12.1 Å². The van der Waals surface area contributed by atoms with Crippen LogP contribution in [0, 0.1) is 17.2 Å². The number of nitrogens with zero attached hydrogens (tertiary/aromatic N) is 1. The molecule has 0 aliphatic heterocycles. The van der Waals surface area contributed by atoms with Gasteiger partial charge in [0.25, 0.3) is 0 Å². The third-order valence-electron chi connectivity index (χ3n) is 2.04. The van der Waals surface area contributed by atoms with Crippen molar-refractivity contribution in [3.8, 4) is 6.07 Å². The van der Waals surface area contributed by atoms with Crippen LogP contribution in [0.15, 0.2) is 25.6 Å². The fourth-order valence-corrected chi connectivity index (χ4v) is 3.69. The van der Waals surface area contributed by atoms with Gasteiger partial charge in [-0.3, -0.25) is 0 Å². The zero-order valence-electron chi connectivity index (χ0n) is 8.65. The van der Waals surface area contributed by atoms with Crippen molar-refractivity contribution in [3.05, 3.63) is 25.6 Å². The Morgan fingerprint density at radius 2 is 1.72 bits per heavy atom. The fourth-order valence-electron chi connectivity index (χ4n) is 1.15. The SMILES string of the molecule is N#CC(CNc1c(Br)cc(Br)cc1Br)C(F)(F)F. The predicted molar refractivity (Wildman–Crippen MR) is 73.2 cm³/mol. The van der Waals surface area contributed by atoms with Crippen LogP contribution in [-0.2, 0) is 0 Å². The van der Waals surface area contributed by atoms with Crippen LogP contribution in [0.2, 0.25) is 0 Å². The summed E-state index contributed by atoms with van der Waals surface area (Å²) in [6, 6.07) is 4.63. The summed E-state index contributed by atoms with van der Waals surface area (Å²) >= 11 is 9.72. The number of hydrogen-bond acceptors (Lipinski definition) is 2. The van der Waals surface area contributed by atoms with E-state index in [1.165, 1.54) is 6.07 Å². The zero-order valence-corrected chi connectivity index (χ0v) is 13.4. The second-order valence-corrected chi connectivity index (χ2v) is 5.97. The second-order valence-electron chi connectivity index (χ2n) is 3.35. The van der Waals surface area contributed by atoms with Gasteiger partial charge in [0, 0.05) is 20.0 Å². The number of hydrogen-bond donors (Lipinski definition) is 1. The highest BCUT2D eigenvalue weighted by molar-refractivity contribution is 9.11. The average molecular weight is 451 g/mol. The second kappa shape index (κ2) is 6.26. The van der Waals surface area contributed by atoms with Gasteiger partial charge in [-0.05, 0) is 44.0 Å². The van der Waals surface area contributed by atoms with Gasteiger partial charge in [0.05, 0.1) is 11.8 Å². The minimum Gasteiger partial charge on any atom is -0.382 e. The summed E-state index contributed by atoms with van der Waals surface area (Å²) in [5.74, 6) is -2.04. The molecule has 0 aliphatic carbocycles. The largest absolute Gasteiger partial charge is 0.406 e. The van der Waals surface area contributed by atoms with Gasteiger partial charge in [0.15, 0.2) is 5.92 Å². The average Bonchev–Trinajstić information content (AvgIpc) is 2.19. The maximum absolute atomic E-state index is 12.4. The van der Waals surface area contributed by atoms with Crippen LogP contribution in [0.4, 0.5) is 18.9 Å². The molecule has 0 amide bonds. The lowest BCUT2D eigenvalue weighted by atomic mass is 10.1. The van der Waals surface area contributed by atoms with E-state index in [0.717, 1.165) is 4.47 Å². The maximum Gasteiger partial charge on any atom is 0.406 e. The molecule has 0 radical (unpaired) electrons. The quantitative estimate of drug-likeness (QED) is 0.696. The van der Waals surface area contributed by atoms with Crippen molar-refractivity contribution in [1.29, 1.82) is 5.26 Å². The minimum absolute atomic E-state index is 0.475. The fraction of sp³-hybridized carbons (Fsp3) is 0.300. The number of anilines is 1. The number of rotatable bonds is 3. The van der Waals surface area contributed by atoms with Crippen LogP contribution in [0.25, 0.3) is 0 Å². The van der Waals surface area contributed by atoms with Gasteiger partial charge in [-0.15, -0.1) is 0 Å². The molecule has 0 aliphatic rings. The summed E-state index contributed by atoms with van der Waals surface area (Å²) in [6.07, 6.45) is -4.53. The van der Waals surface area contributed by atoms with Crippen LogP contribution in [0.5, 0.6) is 0 Å². The molecule has 18 heavy (non-hydrogen) atoms. The van der Waals surface area contributed by atoms with E-state index >= 15 is 0 Å². The summed E-state index contributed by atoms with van der Waals surface area (Å²) in [5.41, 5.74) is 0.475. The highest BCUT2D eigenvalue weighted by atomic mass is 79.9. The highest BCUT2D eigenvalue weighted by Gasteiger charge is 2.39. The van der Waals surface area contributed by atoms with Crippen molar-refractivity contribution < 1.29 is 13.2 Å². The molecule has 1 atom stereocenters. The molecule has 0 saturated heterocycles. The van der Waals surface area contributed by atoms with Gasteiger partial charge < -0.3 is 5.32 Å². The highest BCUT2D eigenvalue weighted by Crippen LogP contribution is 2.35. The van der Waals surface area contributed by atoms with E-state index < -0.39 is 18.6 Å². The van der Waals surface area contributed by atoms with Crippen LogP contribution >= 0.6 is 47.8 Å². The number of nitrogens with one attached hydrogen (secondary N) is 1. The number of benzene rings is 1. The van der Waals surface area contributed by atoms with Gasteiger partial charge in [-0.2, -0.15) is 18.4 Å². The summed E-state index contributed by atoms with van der Waals surface area (Å²) in [5, 5.41) is 11.1. The van der Waals surface area contributed by atoms with Crippen molar-refractivity contribution in [2.24, 2.45) is 5.92 Å². The Hall–Kier alpha value is -0.260. The molecular formula is C10H6Br3F3N2. The first-order valence-electron chi connectivity index (χ1n) is 4.60. The molecule has 2 nitrogen and oxygen atoms in total. The molecule has 0 spiro atoms. The smallest absolute Gasteiger partial charge is 0.382 e. The normalized spacial score (nSPS) is 12.9. The van der Waals surface area contributed by atoms with Crippen molar-refractivity contribution in [3.63, 3.8) is 0 Å². The Morgan fingerprint density at radius 1 is 1.22 bits per heavy atom. The molecular weight excluding hydrogens is 445 g/mol. The Morgan fingerprint density at radius 3 is 2.11 bits per heavy atom. The Balaban J connectivity index is 2.85. The van der Waals surface area contributed by atoms with E-state index in [2.05, 4.69) is 53.1 Å². The third kappa shape index (κ3) is 4.14. The van der Waals surface area contributed by atoms with Crippen LogP contribution in [0.3, 0.4) is 0 Å². The van der Waals surface area contributed by atoms with E-state index in [9.17, 15) is 13.2 Å². The third-order valence-corrected chi connectivity index (χ3v) is 3.75. The molecule has 1 rings (SSSR count). The topological polar surface area (TPSA) is 35.8 Å². The molecule has 1 N–H and O–H groups in total. The monoisotopic (exact) mass is 448 g/mol. The van der Waals surface area contributed by atoms with Crippen molar-refractivity contribution in [1.82, 2.24) is 0 Å². The van der Waals surface area contributed by atoms with Crippen molar-refractivity contribution in [2.75, 3.05) is 11.9 Å². The summed E-state index contributed by atoms with van der Waals surface area (Å²) < 4.78 is 39.2. The Bertz CT molecular complexity index is 459. The van der Waals surface area contributed by atoms with Crippen LogP contribution < -0.4 is 5.32 Å². The first kappa shape index (κ1) is 15.8. The lowest BCUT2D eigenvalue weighted by molar-refractivity contribution is -0.155. The molecule has 1 unspecified atom stereocenters. The number of alkyl halides is 3. The van der Waals surface area contributed by atoms with Gasteiger partial charge in [0.2, 0.25) is 0 Å². The first-order valence-corrected chi connectivity index (χ1v) is 6.98. The first-order chi connectivity index (χ1) is 8.25. The molecule has 0 bridgehead atoms. The lowest BCUT2D eigenvalue weighted by Crippen LogP contribution is -2.28. The van der Waals surface area contributed by atoms with Crippen molar-refractivity contribution >= 4 is 53.5 Å². The molecule has 0 aromatic heterocycles. The maximum atomic E-state index is 12.4. The van der Waals surface area contributed by atoms with Gasteiger partial charge >= 0.3 is 6.18 Å². The van der Waals surface area contributed by atoms with Crippen molar-refractivity contribution in [2.45, 2.75) is 6.18 Å². The Kier molecular flexibility index (Phi) is 5.49. The van der Waals surface area contributed by atoms with E-state index in [-0.39, 0.29) is 0 Å². The molecule has 8 heteroatoms. The zero-order chi connectivity index (χ0) is 13.9. The molecule has 0 saturated carbocycles. The van der Waals surface area contributed by atoms with E-state index in [0.29, 0.717) is 14.6 Å². The lowest BCUT2D eigenvalue weighted by Gasteiger charge is -2.16. The van der Waals surface area contributed by atoms with Crippen LogP contribution in [-0.4, -0.2) is 12.7 Å². The molecule has 1 aromatic rings. The Labute approximate surface area is 127 Å². The molecule has 1 aromatic carbocycles. The van der Waals surface area contributed by atoms with E-state index in [1.807, 2.05) is 0 Å². The number of nitriles is 1. The summed E-state index contributed by atoms with van der Waals surface area (Å²) in [4.78, 5) is 0. The molecule has 0 fully saturated rings. The molecule has 98 valence electrons. The van der Waals surface area contributed by atoms with Gasteiger partial charge in [-0.25, -0.2) is 0 Å². The van der Waals surface area contributed by atoms with Gasteiger partial charge in [-0.1, -0.05) is 15.9 Å². The van der Waals surface area contributed by atoms with E-state index in [4.69, 9.17) is 5.26 Å².